The van der Waals surface area contributed by atoms with Gasteiger partial charge in [0.15, 0.2) is 5.65 Å². The van der Waals surface area contributed by atoms with Crippen LogP contribution < -0.4 is 10.9 Å². The standard InChI is InChI=1S/C24H22N8O/c1-15-10-17(4-5-19(15)18-6-8-25-16(2)11-18)13-26-24-30-29-22-12-21(27-14-32(22)24)20-7-9-28-31(3)23(20)33/h4-12,14H,13H2,1-3H3,(H,26,30). The van der Waals surface area contributed by atoms with Crippen LogP contribution >= 0.6 is 0 Å². The number of pyridine rings is 1. The minimum absolute atomic E-state index is 0.215. The molecule has 0 spiro atoms. The first-order valence-electron chi connectivity index (χ1n) is 10.5. The highest BCUT2D eigenvalue weighted by atomic mass is 16.1. The molecular formula is C24H22N8O. The minimum atomic E-state index is -0.215. The van der Waals surface area contributed by atoms with Gasteiger partial charge in [-0.05, 0) is 54.3 Å². The van der Waals surface area contributed by atoms with Crippen LogP contribution in [0.1, 0.15) is 16.8 Å². The van der Waals surface area contributed by atoms with Gasteiger partial charge in [-0.25, -0.2) is 9.67 Å². The number of hydrogen-bond donors (Lipinski definition) is 1. The van der Waals surface area contributed by atoms with Gasteiger partial charge >= 0.3 is 0 Å². The smallest absolute Gasteiger partial charge is 0.275 e. The predicted octanol–water partition coefficient (Wildman–Crippen LogP) is 3.18. The Kier molecular flexibility index (Phi) is 5.14. The minimum Gasteiger partial charge on any atom is -0.350 e. The maximum Gasteiger partial charge on any atom is 0.275 e. The molecule has 164 valence electrons. The quantitative estimate of drug-likeness (QED) is 0.449. The zero-order valence-corrected chi connectivity index (χ0v) is 18.5. The number of nitrogens with one attached hydrogen (secondary N) is 1. The van der Waals surface area contributed by atoms with Gasteiger partial charge in [-0.3, -0.25) is 14.2 Å². The maximum atomic E-state index is 12.3. The molecule has 1 N–H and O–H groups in total. The number of nitrogens with zero attached hydrogens (tertiary/aromatic N) is 7. The van der Waals surface area contributed by atoms with Crippen LogP contribution in [0.2, 0.25) is 0 Å². The molecular weight excluding hydrogens is 416 g/mol. The van der Waals surface area contributed by atoms with Crippen molar-refractivity contribution < 1.29 is 0 Å². The predicted molar refractivity (Wildman–Crippen MR) is 126 cm³/mol. The van der Waals surface area contributed by atoms with Crippen molar-refractivity contribution in [2.45, 2.75) is 20.4 Å². The van der Waals surface area contributed by atoms with Gasteiger partial charge in [-0.15, -0.1) is 10.2 Å². The van der Waals surface area contributed by atoms with Crippen LogP contribution in [0.3, 0.4) is 0 Å². The summed E-state index contributed by atoms with van der Waals surface area (Å²) < 4.78 is 3.04. The Hall–Kier alpha value is -4.40. The van der Waals surface area contributed by atoms with Crippen molar-refractivity contribution in [1.82, 2.24) is 34.3 Å². The molecule has 0 atom stereocenters. The Morgan fingerprint density at radius 1 is 0.939 bits per heavy atom. The lowest BCUT2D eigenvalue weighted by Gasteiger charge is -2.10. The van der Waals surface area contributed by atoms with Gasteiger partial charge in [0.2, 0.25) is 5.95 Å². The highest BCUT2D eigenvalue weighted by Gasteiger charge is 2.11. The lowest BCUT2D eigenvalue weighted by atomic mass is 9.98. The molecule has 0 unspecified atom stereocenters. The van der Waals surface area contributed by atoms with Crippen molar-refractivity contribution in [3.63, 3.8) is 0 Å². The van der Waals surface area contributed by atoms with Crippen LogP contribution in [0.4, 0.5) is 5.95 Å². The Morgan fingerprint density at radius 2 is 1.82 bits per heavy atom. The third-order valence-electron chi connectivity index (χ3n) is 5.53. The van der Waals surface area contributed by atoms with Gasteiger partial charge in [0.05, 0.1) is 11.3 Å². The van der Waals surface area contributed by atoms with E-state index in [4.69, 9.17) is 0 Å². The first-order valence-corrected chi connectivity index (χ1v) is 10.5. The number of hydrogen-bond acceptors (Lipinski definition) is 7. The molecule has 5 aromatic rings. The number of rotatable bonds is 5. The second-order valence-corrected chi connectivity index (χ2v) is 7.89. The van der Waals surface area contributed by atoms with E-state index >= 15 is 0 Å². The van der Waals surface area contributed by atoms with Gasteiger partial charge in [-0.1, -0.05) is 18.2 Å². The molecule has 9 nitrogen and oxygen atoms in total. The van der Waals surface area contributed by atoms with E-state index in [0.29, 0.717) is 29.4 Å². The molecule has 4 heterocycles. The topological polar surface area (TPSA) is 103 Å². The van der Waals surface area contributed by atoms with E-state index in [1.54, 1.807) is 36.1 Å². The van der Waals surface area contributed by atoms with Crippen LogP contribution in [0.15, 0.2) is 66.0 Å². The first-order chi connectivity index (χ1) is 16.0. The summed E-state index contributed by atoms with van der Waals surface area (Å²) in [4.78, 5) is 21.0. The van der Waals surface area contributed by atoms with E-state index in [-0.39, 0.29) is 5.56 Å². The zero-order chi connectivity index (χ0) is 22.9. The van der Waals surface area contributed by atoms with E-state index in [2.05, 4.69) is 61.8 Å². The van der Waals surface area contributed by atoms with E-state index in [1.165, 1.54) is 15.8 Å². The zero-order valence-electron chi connectivity index (χ0n) is 18.5. The van der Waals surface area contributed by atoms with Crippen molar-refractivity contribution in [3.05, 3.63) is 88.4 Å². The fourth-order valence-corrected chi connectivity index (χ4v) is 3.82. The highest BCUT2D eigenvalue weighted by Crippen LogP contribution is 2.25. The summed E-state index contributed by atoms with van der Waals surface area (Å²) in [6.07, 6.45) is 5.03. The molecule has 5 rings (SSSR count). The van der Waals surface area contributed by atoms with Crippen LogP contribution in [0.25, 0.3) is 28.0 Å². The Labute approximate surface area is 189 Å². The Bertz CT molecular complexity index is 1540. The molecule has 0 saturated heterocycles. The Morgan fingerprint density at radius 3 is 2.64 bits per heavy atom. The number of aryl methyl sites for hydroxylation is 3. The molecule has 0 bridgehead atoms. The van der Waals surface area contributed by atoms with Gasteiger partial charge in [0.25, 0.3) is 5.56 Å². The molecule has 4 aromatic heterocycles. The summed E-state index contributed by atoms with van der Waals surface area (Å²) in [7, 11) is 1.61. The molecule has 0 amide bonds. The SMILES string of the molecule is Cc1cc(-c2ccc(CNc3nnc4cc(-c5ccnn(C)c5=O)ncn34)cc2C)ccn1. The summed E-state index contributed by atoms with van der Waals surface area (Å²) in [6, 6.07) is 13.9. The van der Waals surface area contributed by atoms with Crippen molar-refractivity contribution in [2.75, 3.05) is 5.32 Å². The molecule has 0 aliphatic rings. The monoisotopic (exact) mass is 438 g/mol. The first kappa shape index (κ1) is 20.5. The molecule has 1 aromatic carbocycles. The largest absolute Gasteiger partial charge is 0.350 e. The fourth-order valence-electron chi connectivity index (χ4n) is 3.82. The second kappa shape index (κ2) is 8.27. The van der Waals surface area contributed by atoms with Gasteiger partial charge in [-0.2, -0.15) is 5.10 Å². The van der Waals surface area contributed by atoms with E-state index in [0.717, 1.165) is 16.8 Å². The van der Waals surface area contributed by atoms with Crippen LogP contribution in [0.5, 0.6) is 0 Å². The summed E-state index contributed by atoms with van der Waals surface area (Å²) in [5.74, 6) is 0.582. The van der Waals surface area contributed by atoms with Crippen LogP contribution in [-0.4, -0.2) is 34.3 Å². The fraction of sp³-hybridized carbons (Fsp3) is 0.167. The van der Waals surface area contributed by atoms with Crippen molar-refractivity contribution >= 4 is 11.6 Å². The molecule has 0 radical (unpaired) electrons. The van der Waals surface area contributed by atoms with Crippen molar-refractivity contribution in [1.29, 1.82) is 0 Å². The second-order valence-electron chi connectivity index (χ2n) is 7.89. The number of fused-ring (bicyclic) bond motifs is 1. The maximum absolute atomic E-state index is 12.3. The van der Waals surface area contributed by atoms with Gasteiger partial charge in [0, 0.05) is 37.7 Å². The lowest BCUT2D eigenvalue weighted by Crippen LogP contribution is -2.20. The molecule has 33 heavy (non-hydrogen) atoms. The molecule has 0 saturated carbocycles. The van der Waals surface area contributed by atoms with Crippen LogP contribution in [0, 0.1) is 13.8 Å². The Balaban J connectivity index is 1.36. The summed E-state index contributed by atoms with van der Waals surface area (Å²) in [6.45, 7) is 4.69. The molecule has 0 aliphatic heterocycles. The molecule has 9 heteroatoms. The van der Waals surface area contributed by atoms with Gasteiger partial charge < -0.3 is 5.32 Å². The molecule has 0 fully saturated rings. The van der Waals surface area contributed by atoms with E-state index in [9.17, 15) is 4.79 Å². The molecule has 0 aliphatic carbocycles. The van der Waals surface area contributed by atoms with E-state index in [1.807, 2.05) is 19.2 Å². The van der Waals surface area contributed by atoms with E-state index < -0.39 is 0 Å². The van der Waals surface area contributed by atoms with Crippen LogP contribution in [-0.2, 0) is 13.6 Å². The summed E-state index contributed by atoms with van der Waals surface area (Å²) in [5, 5.41) is 15.7. The third kappa shape index (κ3) is 3.96. The van der Waals surface area contributed by atoms with Crippen molar-refractivity contribution in [2.24, 2.45) is 7.05 Å². The number of anilines is 1. The summed E-state index contributed by atoms with van der Waals surface area (Å²) in [5.41, 5.74) is 7.05. The normalized spacial score (nSPS) is 11.1. The number of aromatic nitrogens is 7. The lowest BCUT2D eigenvalue weighted by molar-refractivity contribution is 0.709. The average Bonchev–Trinajstić information content (AvgIpc) is 3.22. The number of benzene rings is 1. The third-order valence-corrected chi connectivity index (χ3v) is 5.53. The summed E-state index contributed by atoms with van der Waals surface area (Å²) >= 11 is 0. The average molecular weight is 438 g/mol. The van der Waals surface area contributed by atoms with Gasteiger partial charge in [0.1, 0.15) is 6.33 Å². The van der Waals surface area contributed by atoms with Crippen molar-refractivity contribution in [3.8, 4) is 22.4 Å². The highest BCUT2D eigenvalue weighted by molar-refractivity contribution is 5.68.